The Kier molecular flexibility index (Phi) is 8.24. The highest BCUT2D eigenvalue weighted by molar-refractivity contribution is 6.42. The lowest BCUT2D eigenvalue weighted by Crippen LogP contribution is -2.32. The van der Waals surface area contributed by atoms with Gasteiger partial charge >= 0.3 is 17.8 Å². The number of rotatable bonds is 6. The van der Waals surface area contributed by atoms with Gasteiger partial charge in [-0.3, -0.25) is 9.59 Å². The Morgan fingerprint density at radius 1 is 0.912 bits per heavy atom. The van der Waals surface area contributed by atoms with Gasteiger partial charge < -0.3 is 14.8 Å². The lowest BCUT2D eigenvalue weighted by molar-refractivity contribution is -0.136. The van der Waals surface area contributed by atoms with Crippen molar-refractivity contribution >= 4 is 52.9 Å². The number of carbonyl (C=O) groups is 3. The summed E-state index contributed by atoms with van der Waals surface area (Å²) in [5, 5.41) is 6.81. The smallest absolute Gasteiger partial charge is 0.343 e. The van der Waals surface area contributed by atoms with Gasteiger partial charge in [0.15, 0.2) is 11.5 Å². The van der Waals surface area contributed by atoms with Crippen LogP contribution in [0.4, 0.5) is 5.69 Å². The predicted molar refractivity (Wildman–Crippen MR) is 130 cm³/mol. The van der Waals surface area contributed by atoms with Crippen molar-refractivity contribution in [1.29, 1.82) is 0 Å². The van der Waals surface area contributed by atoms with Crippen LogP contribution >= 0.6 is 23.2 Å². The van der Waals surface area contributed by atoms with E-state index < -0.39 is 17.8 Å². The van der Waals surface area contributed by atoms with Gasteiger partial charge in [-0.05, 0) is 66.6 Å². The Labute approximate surface area is 205 Å². The van der Waals surface area contributed by atoms with Gasteiger partial charge in [0, 0.05) is 5.69 Å². The maximum Gasteiger partial charge on any atom is 0.343 e. The Morgan fingerprint density at radius 3 is 2.41 bits per heavy atom. The maximum absolute atomic E-state index is 12.4. The molecule has 0 aliphatic rings. The Morgan fingerprint density at radius 2 is 1.71 bits per heavy atom. The molecule has 0 fully saturated rings. The highest BCUT2D eigenvalue weighted by Gasteiger charge is 2.15. The molecule has 3 aromatic carbocycles. The fraction of sp³-hybridized carbons (Fsp3) is 0.0833. The summed E-state index contributed by atoms with van der Waals surface area (Å²) in [6.45, 7) is 1.87. The van der Waals surface area contributed by atoms with E-state index in [9.17, 15) is 14.4 Å². The van der Waals surface area contributed by atoms with Gasteiger partial charge in [0.2, 0.25) is 0 Å². The molecule has 0 aliphatic carbocycles. The van der Waals surface area contributed by atoms with Crippen LogP contribution < -0.4 is 20.2 Å². The third kappa shape index (κ3) is 6.57. The molecular formula is C24H19Cl2N3O5. The second-order valence-electron chi connectivity index (χ2n) is 6.95. The Hall–Kier alpha value is -3.88. The van der Waals surface area contributed by atoms with Crippen LogP contribution in [-0.4, -0.2) is 31.1 Å². The van der Waals surface area contributed by atoms with Crippen LogP contribution in [0.15, 0.2) is 65.8 Å². The van der Waals surface area contributed by atoms with Gasteiger partial charge in [-0.1, -0.05) is 35.3 Å². The molecule has 0 radical (unpaired) electrons. The van der Waals surface area contributed by atoms with Gasteiger partial charge in [-0.15, -0.1) is 0 Å². The Bertz CT molecular complexity index is 1280. The zero-order valence-electron chi connectivity index (χ0n) is 18.1. The molecule has 3 rings (SSSR count). The summed E-state index contributed by atoms with van der Waals surface area (Å²) in [5.41, 5.74) is 4.33. The van der Waals surface area contributed by atoms with E-state index in [1.54, 1.807) is 30.3 Å². The molecule has 174 valence electrons. The number of hydrazone groups is 1. The van der Waals surface area contributed by atoms with Crippen LogP contribution in [-0.2, 0) is 9.59 Å². The van der Waals surface area contributed by atoms with E-state index in [1.807, 2.05) is 13.0 Å². The summed E-state index contributed by atoms with van der Waals surface area (Å²) >= 11 is 11.8. The molecule has 2 amide bonds. The molecule has 0 spiro atoms. The number of carbonyl (C=O) groups excluding carboxylic acids is 3. The van der Waals surface area contributed by atoms with E-state index in [0.717, 1.165) is 5.56 Å². The minimum absolute atomic E-state index is 0.164. The molecule has 10 heteroatoms. The van der Waals surface area contributed by atoms with E-state index in [2.05, 4.69) is 15.8 Å². The number of methoxy groups -OCH3 is 1. The number of nitrogens with one attached hydrogen (secondary N) is 2. The lowest BCUT2D eigenvalue weighted by atomic mass is 10.2. The molecule has 0 aromatic heterocycles. The van der Waals surface area contributed by atoms with Crippen LogP contribution in [0.2, 0.25) is 10.0 Å². The molecule has 8 nitrogen and oxygen atoms in total. The first-order valence-corrected chi connectivity index (χ1v) is 10.6. The standard InChI is InChI=1S/C24H19Cl2N3O5/c1-14-4-3-5-17(10-14)28-22(30)23(31)29-27-13-15-6-9-20(21(11-15)33-2)34-24(32)16-7-8-18(25)19(26)12-16/h3-13H,1-2H3,(H,28,30)(H,29,31)/b27-13-. The zero-order chi connectivity index (χ0) is 24.7. The SMILES string of the molecule is COc1cc(/C=N\NC(=O)C(=O)Nc2cccc(C)c2)ccc1OC(=O)c1ccc(Cl)c(Cl)c1. The van der Waals surface area contributed by atoms with E-state index >= 15 is 0 Å². The van der Waals surface area contributed by atoms with Crippen LogP contribution in [0.5, 0.6) is 11.5 Å². The minimum Gasteiger partial charge on any atom is -0.493 e. The molecule has 2 N–H and O–H groups in total. The summed E-state index contributed by atoms with van der Waals surface area (Å²) < 4.78 is 10.6. The number of nitrogens with zero attached hydrogens (tertiary/aromatic N) is 1. The zero-order valence-corrected chi connectivity index (χ0v) is 19.6. The van der Waals surface area contributed by atoms with Crippen molar-refractivity contribution in [2.24, 2.45) is 5.10 Å². The first-order valence-electron chi connectivity index (χ1n) is 9.83. The van der Waals surface area contributed by atoms with Crippen molar-refractivity contribution in [2.75, 3.05) is 12.4 Å². The lowest BCUT2D eigenvalue weighted by Gasteiger charge is -2.10. The summed E-state index contributed by atoms with van der Waals surface area (Å²) in [7, 11) is 1.41. The number of ether oxygens (including phenoxy) is 2. The number of aryl methyl sites for hydroxylation is 1. The second kappa shape index (κ2) is 11.3. The quantitative estimate of drug-likeness (QED) is 0.169. The average molecular weight is 500 g/mol. The highest BCUT2D eigenvalue weighted by atomic mass is 35.5. The molecule has 34 heavy (non-hydrogen) atoms. The molecule has 0 saturated heterocycles. The number of halogens is 2. The van der Waals surface area contributed by atoms with Crippen LogP contribution in [0, 0.1) is 6.92 Å². The predicted octanol–water partition coefficient (Wildman–Crippen LogP) is 4.62. The molecule has 0 heterocycles. The Balaban J connectivity index is 1.62. The molecule has 0 aliphatic heterocycles. The maximum atomic E-state index is 12.4. The summed E-state index contributed by atoms with van der Waals surface area (Å²) in [6, 6.07) is 16.0. The first-order chi connectivity index (χ1) is 16.3. The topological polar surface area (TPSA) is 106 Å². The van der Waals surface area contributed by atoms with Gasteiger partial charge in [0.1, 0.15) is 0 Å². The molecule has 0 atom stereocenters. The number of amides is 2. The molecule has 0 unspecified atom stereocenters. The van der Waals surface area contributed by atoms with E-state index in [-0.39, 0.29) is 22.1 Å². The average Bonchev–Trinajstić information content (AvgIpc) is 2.81. The molecule has 0 bridgehead atoms. The fourth-order valence-corrected chi connectivity index (χ4v) is 3.06. The van der Waals surface area contributed by atoms with Crippen LogP contribution in [0.25, 0.3) is 0 Å². The van der Waals surface area contributed by atoms with Crippen molar-refractivity contribution in [3.05, 3.63) is 87.4 Å². The molecular weight excluding hydrogens is 481 g/mol. The van der Waals surface area contributed by atoms with Gasteiger partial charge in [-0.25, -0.2) is 10.2 Å². The molecule has 3 aromatic rings. The first kappa shape index (κ1) is 24.8. The van der Waals surface area contributed by atoms with Crippen molar-refractivity contribution in [2.45, 2.75) is 6.92 Å². The summed E-state index contributed by atoms with van der Waals surface area (Å²) in [6.07, 6.45) is 1.31. The van der Waals surface area contributed by atoms with Crippen LogP contribution in [0.1, 0.15) is 21.5 Å². The summed E-state index contributed by atoms with van der Waals surface area (Å²) in [4.78, 5) is 36.4. The third-order valence-electron chi connectivity index (χ3n) is 4.41. The van der Waals surface area contributed by atoms with E-state index in [0.29, 0.717) is 16.3 Å². The third-order valence-corrected chi connectivity index (χ3v) is 5.15. The normalized spacial score (nSPS) is 10.6. The van der Waals surface area contributed by atoms with Crippen LogP contribution in [0.3, 0.4) is 0 Å². The van der Waals surface area contributed by atoms with Crippen molar-refractivity contribution in [3.63, 3.8) is 0 Å². The van der Waals surface area contributed by atoms with Crippen molar-refractivity contribution < 1.29 is 23.9 Å². The van der Waals surface area contributed by atoms with Crippen molar-refractivity contribution in [3.8, 4) is 11.5 Å². The van der Waals surface area contributed by atoms with E-state index in [1.165, 1.54) is 37.6 Å². The fourth-order valence-electron chi connectivity index (χ4n) is 2.76. The molecule has 0 saturated carbocycles. The number of anilines is 1. The minimum atomic E-state index is -0.933. The number of hydrogen-bond acceptors (Lipinski definition) is 6. The number of benzene rings is 3. The van der Waals surface area contributed by atoms with E-state index in [4.69, 9.17) is 32.7 Å². The number of hydrogen-bond donors (Lipinski definition) is 2. The second-order valence-corrected chi connectivity index (χ2v) is 7.77. The van der Waals surface area contributed by atoms with Gasteiger partial charge in [0.05, 0.1) is 28.9 Å². The highest BCUT2D eigenvalue weighted by Crippen LogP contribution is 2.29. The van der Waals surface area contributed by atoms with Gasteiger partial charge in [-0.2, -0.15) is 5.10 Å². The van der Waals surface area contributed by atoms with Crippen molar-refractivity contribution in [1.82, 2.24) is 5.43 Å². The van der Waals surface area contributed by atoms with Gasteiger partial charge in [0.25, 0.3) is 0 Å². The summed E-state index contributed by atoms with van der Waals surface area (Å²) in [5.74, 6) is -2.02. The monoisotopic (exact) mass is 499 g/mol. The largest absolute Gasteiger partial charge is 0.493 e. The number of esters is 1.